The number of nitrogens with zero attached hydrogens (tertiary/aromatic N) is 2. The Labute approximate surface area is 378 Å². The van der Waals surface area contributed by atoms with Gasteiger partial charge in [-0.1, -0.05) is 102 Å². The lowest BCUT2D eigenvalue weighted by Crippen LogP contribution is -2.29. The van der Waals surface area contributed by atoms with E-state index >= 15 is 0 Å². The Morgan fingerprint density at radius 3 is 1.74 bits per heavy atom. The van der Waals surface area contributed by atoms with Gasteiger partial charge in [0.05, 0.1) is 25.9 Å². The molecule has 5 atom stereocenters. The van der Waals surface area contributed by atoms with Crippen molar-refractivity contribution in [2.24, 2.45) is 0 Å². The first-order valence-electron chi connectivity index (χ1n) is 21.7. The number of phosphoric acid groups is 3. The van der Waals surface area contributed by atoms with Gasteiger partial charge in [0.1, 0.15) is 23.8 Å². The molecule has 1 aliphatic rings. The molecule has 20 nitrogen and oxygen atoms in total. The summed E-state index contributed by atoms with van der Waals surface area (Å²) in [4.78, 5) is 63.6. The monoisotopic (exact) mass is 972 g/mol. The molecule has 1 fully saturated rings. The Morgan fingerprint density at radius 1 is 0.769 bits per heavy atom. The first-order valence-corrected chi connectivity index (χ1v) is 26.1. The second-order valence-corrected chi connectivity index (χ2v) is 20.3. The fourth-order valence-electron chi connectivity index (χ4n) is 6.41. The van der Waals surface area contributed by atoms with Gasteiger partial charge >= 0.3 is 33.3 Å². The van der Waals surface area contributed by atoms with Crippen LogP contribution < -0.4 is 25.2 Å². The highest BCUT2D eigenvalue weighted by Gasteiger charge is 2.42. The van der Waals surface area contributed by atoms with E-state index in [2.05, 4.69) is 23.1 Å². The van der Waals surface area contributed by atoms with E-state index in [1.165, 1.54) is 55.5 Å². The number of aryl methyl sites for hydroxylation is 1. The fourth-order valence-corrected chi connectivity index (χ4v) is 10.4. The van der Waals surface area contributed by atoms with Gasteiger partial charge in [0.2, 0.25) is 0 Å². The van der Waals surface area contributed by atoms with Crippen LogP contribution in [0.2, 0.25) is 0 Å². The number of carbonyl (C=O) groups is 2. The Morgan fingerprint density at radius 2 is 1.25 bits per heavy atom. The van der Waals surface area contributed by atoms with Gasteiger partial charge in [-0.05, 0) is 66.6 Å². The molecule has 1 aliphatic heterocycles. The topological polar surface area (TPSA) is 281 Å². The molecule has 0 amide bonds. The fraction of sp³-hybridized carbons (Fsp3) is 0.571. The van der Waals surface area contributed by atoms with E-state index in [9.17, 15) is 48.1 Å². The van der Waals surface area contributed by atoms with Gasteiger partial charge in [-0.3, -0.25) is 27.8 Å². The zero-order valence-corrected chi connectivity index (χ0v) is 39.5. The van der Waals surface area contributed by atoms with Crippen molar-refractivity contribution in [2.75, 3.05) is 6.61 Å². The molecule has 23 heteroatoms. The maximum atomic E-state index is 14.0. The van der Waals surface area contributed by atoms with Crippen molar-refractivity contribution >= 4 is 35.4 Å². The third kappa shape index (κ3) is 19.6. The lowest BCUT2D eigenvalue weighted by atomic mass is 10.1. The zero-order chi connectivity index (χ0) is 47.5. The number of hydrogen-bond acceptors (Lipinski definition) is 18. The number of aliphatic hydroxyl groups is 1. The highest BCUT2D eigenvalue weighted by molar-refractivity contribution is 7.66. The number of hydrogen-bond donors (Lipinski definition) is 2. The van der Waals surface area contributed by atoms with Crippen molar-refractivity contribution < 1.29 is 79.7 Å². The average molecular weight is 973 g/mol. The number of aliphatic hydroxyl groups excluding tert-OH is 1. The number of unbranched alkanes of at least 4 members (excludes halogenated alkanes) is 10. The molecule has 2 heterocycles. The summed E-state index contributed by atoms with van der Waals surface area (Å²) in [6.07, 6.45) is 9.41. The van der Waals surface area contributed by atoms with Gasteiger partial charge in [0, 0.05) is 25.5 Å². The van der Waals surface area contributed by atoms with Crippen LogP contribution >= 0.6 is 23.5 Å². The smallest absolute Gasteiger partial charge is 0.487 e. The van der Waals surface area contributed by atoms with Crippen LogP contribution in [0.25, 0.3) is 0 Å². The van der Waals surface area contributed by atoms with Gasteiger partial charge in [-0.25, -0.2) is 23.2 Å². The summed E-state index contributed by atoms with van der Waals surface area (Å²) in [6, 6.07) is 11.6. The third-order valence-corrected chi connectivity index (χ3v) is 14.6. The van der Waals surface area contributed by atoms with Gasteiger partial charge < -0.3 is 38.7 Å². The van der Waals surface area contributed by atoms with E-state index < -0.39 is 85.2 Å². The number of benzene rings is 2. The third-order valence-electron chi connectivity index (χ3n) is 9.96. The zero-order valence-electron chi connectivity index (χ0n) is 36.8. The molecule has 3 aromatic rings. The van der Waals surface area contributed by atoms with Gasteiger partial charge in [0.15, 0.2) is 0 Å². The van der Waals surface area contributed by atoms with Crippen LogP contribution in [0.3, 0.4) is 0 Å². The molecule has 2 unspecified atom stereocenters. The number of ether oxygens (including phenoxy) is 3. The molecule has 0 bridgehead atoms. The number of aromatic nitrogens is 2. The summed E-state index contributed by atoms with van der Waals surface area (Å²) in [6.45, 7) is 3.50. The summed E-state index contributed by atoms with van der Waals surface area (Å²) in [7, 11) is -17.0. The molecular formula is C42H59N2O18P3-2. The van der Waals surface area contributed by atoms with Crippen LogP contribution in [0.1, 0.15) is 133 Å². The predicted molar refractivity (Wildman–Crippen MR) is 230 cm³/mol. The van der Waals surface area contributed by atoms with Crippen LogP contribution in [-0.4, -0.2) is 50.3 Å². The number of rotatable bonds is 30. The summed E-state index contributed by atoms with van der Waals surface area (Å²) in [5.41, 5.74) is -0.264. The van der Waals surface area contributed by atoms with E-state index in [0.29, 0.717) is 24.0 Å². The normalized spacial score (nSPS) is 18.2. The predicted octanol–water partition coefficient (Wildman–Crippen LogP) is 7.75. The lowest BCUT2D eigenvalue weighted by molar-refractivity contribution is -0.276. The van der Waals surface area contributed by atoms with E-state index in [0.717, 1.165) is 75.0 Å². The number of carbonyl (C=O) groups excluding carboxylic acids is 2. The molecule has 362 valence electrons. The standard InChI is InChI=1S/C42H61N2O18P3/c1-4-6-8-10-12-14-16-39(46)58-34-22-18-32(19-23-34)28-56-65(54,57-29-33-20-24-35(25-21-33)59-40(47)17-15-13-11-9-7-5-2)62-64(52,53)61-63(50,51)55-30-37-36(45)26-38(60-37)44-27-31(3)41(48)43-42(44)49/h18-25,27,36-38,45H,4-17,26,28-30H2,1-3H3,(H,50,51)(H,52,53)(H,43,48,49)/p-2/t36-,37+,38+/m0/s1. The van der Waals surface area contributed by atoms with E-state index in [1.807, 2.05) is 0 Å². The summed E-state index contributed by atoms with van der Waals surface area (Å²) < 4.78 is 81.6. The van der Waals surface area contributed by atoms with Crippen molar-refractivity contribution in [3.63, 3.8) is 0 Å². The second kappa shape index (κ2) is 26.7. The van der Waals surface area contributed by atoms with E-state index in [1.54, 1.807) is 0 Å². The van der Waals surface area contributed by atoms with Crippen LogP contribution in [0.4, 0.5) is 0 Å². The Bertz CT molecular complexity index is 2090. The highest BCUT2D eigenvalue weighted by Crippen LogP contribution is 2.69. The molecule has 2 aromatic carbocycles. The molecule has 1 aromatic heterocycles. The molecular weight excluding hydrogens is 913 g/mol. The summed E-state index contributed by atoms with van der Waals surface area (Å²) in [5.74, 6) is -1.14. The molecule has 4 rings (SSSR count). The van der Waals surface area contributed by atoms with Crippen LogP contribution in [-0.2, 0) is 63.4 Å². The van der Waals surface area contributed by atoms with Crippen LogP contribution in [0.15, 0.2) is 59.5 Å². The maximum Gasteiger partial charge on any atom is 0.487 e. The van der Waals surface area contributed by atoms with Crippen molar-refractivity contribution in [2.45, 2.75) is 149 Å². The summed E-state index contributed by atoms with van der Waals surface area (Å²) in [5, 5.41) is 22.2. The van der Waals surface area contributed by atoms with Gasteiger partial charge in [-0.2, -0.15) is 4.31 Å². The van der Waals surface area contributed by atoms with Crippen molar-refractivity contribution in [1.82, 2.24) is 9.55 Å². The highest BCUT2D eigenvalue weighted by atomic mass is 31.3. The quantitative estimate of drug-likeness (QED) is 0.0279. The Balaban J connectivity index is 1.38. The molecule has 65 heavy (non-hydrogen) atoms. The van der Waals surface area contributed by atoms with Crippen molar-refractivity contribution in [3.05, 3.63) is 81.9 Å². The molecule has 0 spiro atoms. The van der Waals surface area contributed by atoms with Crippen molar-refractivity contribution in [3.8, 4) is 17.4 Å². The lowest BCUT2D eigenvalue weighted by Gasteiger charge is -2.27. The molecule has 2 N–H and O–H groups in total. The average Bonchev–Trinajstić information content (AvgIpc) is 3.62. The van der Waals surface area contributed by atoms with Crippen LogP contribution in [0, 0.1) is 6.92 Å². The molecule has 0 saturated carbocycles. The minimum Gasteiger partial charge on any atom is -0.858 e. The number of esters is 2. The summed E-state index contributed by atoms with van der Waals surface area (Å²) >= 11 is 0. The van der Waals surface area contributed by atoms with Gasteiger partial charge in [-0.15, -0.1) is 0 Å². The van der Waals surface area contributed by atoms with Crippen LogP contribution in [0.5, 0.6) is 17.4 Å². The SMILES string of the molecule is CCCCCCCCC(=O)Oc1ccc(COP(=O)(OCc2ccc(OC(=O)CCCCCCCC)cc2)OP(=O)(O)OP(=O)([O-])OC[C@H]2O[C@@H](n3cc(C)c([O-])nc3=O)C[C@@H]2O)cc1. The number of phosphoric ester groups is 2. The molecule has 1 saturated heterocycles. The van der Waals surface area contributed by atoms with E-state index in [-0.39, 0.29) is 36.3 Å². The van der Waals surface area contributed by atoms with Gasteiger partial charge in [0.25, 0.3) is 7.82 Å². The van der Waals surface area contributed by atoms with Crippen molar-refractivity contribution in [1.29, 1.82) is 0 Å². The molecule has 0 aliphatic carbocycles. The minimum absolute atomic E-state index is 0.105. The first-order chi connectivity index (χ1) is 30.9. The largest absolute Gasteiger partial charge is 0.858 e. The molecule has 0 radical (unpaired) electrons. The maximum absolute atomic E-state index is 14.0. The first kappa shape index (κ1) is 54.0. The minimum atomic E-state index is -5.93. The Hall–Kier alpha value is -3.61. The Kier molecular flexibility index (Phi) is 22.1. The van der Waals surface area contributed by atoms with E-state index in [4.69, 9.17) is 32.1 Å². The second-order valence-electron chi connectivity index (χ2n) is 15.5.